The third kappa shape index (κ3) is 5.54. The van der Waals surface area contributed by atoms with Crippen LogP contribution in [0.15, 0.2) is 65.1 Å². The van der Waals surface area contributed by atoms with E-state index in [0.717, 1.165) is 12.0 Å². The number of hydrogen-bond donors (Lipinski definition) is 0. The van der Waals surface area contributed by atoms with Crippen LogP contribution in [0, 0.1) is 16.0 Å². The van der Waals surface area contributed by atoms with Crippen LogP contribution in [0.4, 0.5) is 5.69 Å². The summed E-state index contributed by atoms with van der Waals surface area (Å²) >= 11 is 0. The zero-order valence-electron chi connectivity index (χ0n) is 19.7. The van der Waals surface area contributed by atoms with Crippen molar-refractivity contribution >= 4 is 23.3 Å². The van der Waals surface area contributed by atoms with Crippen LogP contribution in [0.2, 0.25) is 0 Å². The molecule has 1 aliphatic rings. The molecule has 0 N–H and O–H groups in total. The molecule has 0 spiro atoms. The van der Waals surface area contributed by atoms with Crippen molar-refractivity contribution in [2.75, 3.05) is 13.7 Å². The Morgan fingerprint density at radius 1 is 1.21 bits per heavy atom. The van der Waals surface area contributed by atoms with E-state index in [1.54, 1.807) is 19.9 Å². The average molecular weight is 467 g/mol. The summed E-state index contributed by atoms with van der Waals surface area (Å²) in [5, 5.41) is 11.3. The van der Waals surface area contributed by atoms with Crippen molar-refractivity contribution in [1.82, 2.24) is 0 Å². The Bertz CT molecular complexity index is 1170. The standard InChI is InChI=1S/C25H28N3O6/c1-16-21(24(29)33-4)23(19-10-5-11-20(14-19)28(31)32)22(17(2)26-16)25(30)34-13-7-9-18-8-6-12-27(3)15-18/h5-6,8,10-12,14-15,21,23H,7,9,13H2,1-4H3/q+1/t21?,23-/m0/s1. The first kappa shape index (κ1) is 24.8. The SMILES string of the molecule is COC(=O)C1C(C)=NC(C)=C(C(=O)OCCCc2ccc[n+](C)c2)[C@H]1c1cccc([N+](=O)[O-])c1. The summed E-state index contributed by atoms with van der Waals surface area (Å²) in [6.07, 6.45) is 5.30. The summed E-state index contributed by atoms with van der Waals surface area (Å²) in [5.41, 5.74) is 2.51. The summed E-state index contributed by atoms with van der Waals surface area (Å²) in [6, 6.07) is 9.87. The lowest BCUT2D eigenvalue weighted by atomic mass is 9.75. The van der Waals surface area contributed by atoms with Crippen LogP contribution in [-0.2, 0) is 32.5 Å². The Balaban J connectivity index is 1.87. The van der Waals surface area contributed by atoms with Crippen molar-refractivity contribution in [3.8, 4) is 0 Å². The van der Waals surface area contributed by atoms with Gasteiger partial charge in [0, 0.05) is 41.1 Å². The monoisotopic (exact) mass is 466 g/mol. The molecule has 3 rings (SSSR count). The normalized spacial score (nSPS) is 17.7. The van der Waals surface area contributed by atoms with E-state index in [-0.39, 0.29) is 17.9 Å². The largest absolute Gasteiger partial charge is 0.468 e. The van der Waals surface area contributed by atoms with Gasteiger partial charge in [-0.2, -0.15) is 0 Å². The molecule has 0 saturated heterocycles. The molecule has 0 bridgehead atoms. The number of benzene rings is 1. The third-order valence-corrected chi connectivity index (χ3v) is 5.79. The molecule has 178 valence electrons. The molecule has 1 aliphatic heterocycles. The van der Waals surface area contributed by atoms with Crippen molar-refractivity contribution in [2.24, 2.45) is 18.0 Å². The van der Waals surface area contributed by atoms with Crippen LogP contribution in [0.1, 0.15) is 37.3 Å². The minimum absolute atomic E-state index is 0.136. The Labute approximate surface area is 197 Å². The third-order valence-electron chi connectivity index (χ3n) is 5.79. The number of rotatable bonds is 8. The number of hydrogen-bond acceptors (Lipinski definition) is 7. The summed E-state index contributed by atoms with van der Waals surface area (Å²) in [7, 11) is 3.20. The average Bonchev–Trinajstić information content (AvgIpc) is 2.81. The number of methoxy groups -OCH3 is 1. The predicted molar refractivity (Wildman–Crippen MR) is 124 cm³/mol. The Kier molecular flexibility index (Phi) is 7.88. The summed E-state index contributed by atoms with van der Waals surface area (Å²) in [4.78, 5) is 41.1. The highest BCUT2D eigenvalue weighted by Crippen LogP contribution is 2.40. The van der Waals surface area contributed by atoms with Gasteiger partial charge in [-0.25, -0.2) is 9.36 Å². The molecule has 2 atom stereocenters. The van der Waals surface area contributed by atoms with Gasteiger partial charge in [0.25, 0.3) is 5.69 Å². The number of carbonyl (C=O) groups excluding carboxylic acids is 2. The molecule has 0 saturated carbocycles. The van der Waals surface area contributed by atoms with Crippen LogP contribution in [0.5, 0.6) is 0 Å². The van der Waals surface area contributed by atoms with Gasteiger partial charge in [0.1, 0.15) is 13.0 Å². The molecule has 9 heteroatoms. The van der Waals surface area contributed by atoms with Gasteiger partial charge >= 0.3 is 11.9 Å². The molecule has 2 heterocycles. The Morgan fingerprint density at radius 3 is 2.65 bits per heavy atom. The maximum absolute atomic E-state index is 13.2. The molecule has 1 unspecified atom stereocenters. The second kappa shape index (κ2) is 10.8. The number of aromatic nitrogens is 1. The van der Waals surface area contributed by atoms with Crippen LogP contribution >= 0.6 is 0 Å². The number of allylic oxidation sites excluding steroid dienone is 1. The highest BCUT2D eigenvalue weighted by Gasteiger charge is 2.42. The lowest BCUT2D eigenvalue weighted by molar-refractivity contribution is -0.671. The van der Waals surface area contributed by atoms with Crippen molar-refractivity contribution in [2.45, 2.75) is 32.6 Å². The maximum Gasteiger partial charge on any atom is 0.336 e. The van der Waals surface area contributed by atoms with Gasteiger partial charge in [-0.3, -0.25) is 19.9 Å². The summed E-state index contributed by atoms with van der Waals surface area (Å²) in [6.45, 7) is 3.53. The smallest absolute Gasteiger partial charge is 0.336 e. The number of esters is 2. The first-order chi connectivity index (χ1) is 16.2. The summed E-state index contributed by atoms with van der Waals surface area (Å²) < 4.78 is 12.5. The van der Waals surface area contributed by atoms with E-state index in [9.17, 15) is 19.7 Å². The summed E-state index contributed by atoms with van der Waals surface area (Å²) in [5.74, 6) is -2.89. The molecule has 0 radical (unpaired) electrons. The van der Waals surface area contributed by atoms with Crippen molar-refractivity contribution in [3.63, 3.8) is 0 Å². The molecule has 34 heavy (non-hydrogen) atoms. The molecule has 9 nitrogen and oxygen atoms in total. The van der Waals surface area contributed by atoms with Crippen LogP contribution in [-0.4, -0.2) is 36.3 Å². The van der Waals surface area contributed by atoms with Crippen LogP contribution < -0.4 is 4.57 Å². The Morgan fingerprint density at radius 2 is 1.97 bits per heavy atom. The van der Waals surface area contributed by atoms with Gasteiger partial charge in [-0.05, 0) is 38.3 Å². The fourth-order valence-electron chi connectivity index (χ4n) is 4.24. The number of carbonyl (C=O) groups is 2. The van der Waals surface area contributed by atoms with Gasteiger partial charge in [0.2, 0.25) is 0 Å². The lowest BCUT2D eigenvalue weighted by Crippen LogP contribution is -2.36. The minimum atomic E-state index is -0.900. The van der Waals surface area contributed by atoms with E-state index in [2.05, 4.69) is 4.99 Å². The van der Waals surface area contributed by atoms with Gasteiger partial charge in [0.05, 0.1) is 24.2 Å². The highest BCUT2D eigenvalue weighted by atomic mass is 16.6. The van der Waals surface area contributed by atoms with E-state index in [1.165, 1.54) is 25.3 Å². The molecule has 1 aromatic heterocycles. The Hall–Kier alpha value is -3.88. The lowest BCUT2D eigenvalue weighted by Gasteiger charge is -2.31. The molecule has 0 fully saturated rings. The van der Waals surface area contributed by atoms with Crippen molar-refractivity contribution in [1.29, 1.82) is 0 Å². The van der Waals surface area contributed by atoms with E-state index < -0.39 is 28.7 Å². The fraction of sp³-hybridized carbons (Fsp3) is 0.360. The maximum atomic E-state index is 13.2. The molecule has 0 aliphatic carbocycles. The second-order valence-corrected chi connectivity index (χ2v) is 8.20. The zero-order valence-corrected chi connectivity index (χ0v) is 19.7. The van der Waals surface area contributed by atoms with Crippen molar-refractivity contribution < 1.29 is 28.6 Å². The number of ether oxygens (including phenoxy) is 2. The van der Waals surface area contributed by atoms with E-state index >= 15 is 0 Å². The van der Waals surface area contributed by atoms with E-state index in [1.807, 2.05) is 36.1 Å². The van der Waals surface area contributed by atoms with Gasteiger partial charge < -0.3 is 9.47 Å². The van der Waals surface area contributed by atoms with Crippen LogP contribution in [0.25, 0.3) is 0 Å². The first-order valence-electron chi connectivity index (χ1n) is 10.9. The van der Waals surface area contributed by atoms with Gasteiger partial charge in [-0.1, -0.05) is 12.1 Å². The van der Waals surface area contributed by atoms with Crippen LogP contribution in [0.3, 0.4) is 0 Å². The topological polar surface area (TPSA) is 112 Å². The first-order valence-corrected chi connectivity index (χ1v) is 10.9. The zero-order chi connectivity index (χ0) is 24.8. The number of nitro benzene ring substituents is 1. The van der Waals surface area contributed by atoms with Gasteiger partial charge in [0.15, 0.2) is 12.4 Å². The molecule has 1 aromatic carbocycles. The number of aryl methyl sites for hydroxylation is 2. The fourth-order valence-corrected chi connectivity index (χ4v) is 4.24. The van der Waals surface area contributed by atoms with Gasteiger partial charge in [-0.15, -0.1) is 0 Å². The number of non-ortho nitro benzene ring substituents is 1. The van der Waals surface area contributed by atoms with Crippen molar-refractivity contribution in [3.05, 3.63) is 81.3 Å². The number of nitro groups is 1. The molecule has 0 amide bonds. The highest BCUT2D eigenvalue weighted by molar-refractivity contribution is 6.07. The number of pyridine rings is 1. The predicted octanol–water partition coefficient (Wildman–Crippen LogP) is 3.22. The number of aliphatic imine (C=N–C) groups is 1. The number of nitrogens with zero attached hydrogens (tertiary/aromatic N) is 3. The minimum Gasteiger partial charge on any atom is -0.468 e. The molecule has 2 aromatic rings. The van der Waals surface area contributed by atoms with E-state index in [0.29, 0.717) is 23.4 Å². The molecular weight excluding hydrogens is 438 g/mol. The quantitative estimate of drug-likeness (QED) is 0.194. The van der Waals surface area contributed by atoms with E-state index in [4.69, 9.17) is 9.47 Å². The molecular formula is C25H28N3O6+. The second-order valence-electron chi connectivity index (χ2n) is 8.20.